The van der Waals surface area contributed by atoms with E-state index in [4.69, 9.17) is 4.42 Å². The number of carbonyl (C=O) groups is 1. The van der Waals surface area contributed by atoms with Gasteiger partial charge >= 0.3 is 0 Å². The zero-order chi connectivity index (χ0) is 20.1. The summed E-state index contributed by atoms with van der Waals surface area (Å²) in [7, 11) is -2.09. The molecule has 0 atom stereocenters. The number of nitrogens with one attached hydrogen (secondary N) is 2. The van der Waals surface area contributed by atoms with Crippen molar-refractivity contribution in [2.45, 2.75) is 19.2 Å². The normalized spacial score (nSPS) is 11.4. The Balaban J connectivity index is 1.69. The maximum atomic E-state index is 12.3. The SMILES string of the molecule is CNS(=O)(=O)Cc1nc(-c2ccc(C(=O)NCc3cccnc3)cc2)oc1C. The minimum atomic E-state index is -3.44. The number of amides is 1. The van der Waals surface area contributed by atoms with Crippen molar-refractivity contribution in [1.82, 2.24) is 20.0 Å². The topological polar surface area (TPSA) is 114 Å². The Morgan fingerprint density at radius 3 is 2.57 bits per heavy atom. The second kappa shape index (κ2) is 8.32. The molecule has 9 heteroatoms. The number of benzene rings is 1. The number of oxazole rings is 1. The maximum absolute atomic E-state index is 12.3. The number of pyridine rings is 1. The first-order valence-corrected chi connectivity index (χ1v) is 10.2. The van der Waals surface area contributed by atoms with Gasteiger partial charge < -0.3 is 9.73 Å². The molecule has 1 amide bonds. The third kappa shape index (κ3) is 4.81. The van der Waals surface area contributed by atoms with Gasteiger partial charge in [-0.2, -0.15) is 0 Å². The van der Waals surface area contributed by atoms with Crippen LogP contribution in [-0.2, 0) is 22.3 Å². The van der Waals surface area contributed by atoms with E-state index in [1.165, 1.54) is 7.05 Å². The summed E-state index contributed by atoms with van der Waals surface area (Å²) >= 11 is 0. The van der Waals surface area contributed by atoms with Crippen LogP contribution in [0.2, 0.25) is 0 Å². The summed E-state index contributed by atoms with van der Waals surface area (Å²) in [5.74, 6) is 0.279. The lowest BCUT2D eigenvalue weighted by molar-refractivity contribution is 0.0951. The van der Waals surface area contributed by atoms with Crippen LogP contribution in [0.3, 0.4) is 0 Å². The minimum absolute atomic E-state index is 0.209. The molecule has 0 aliphatic carbocycles. The number of hydrogen-bond donors (Lipinski definition) is 2. The van der Waals surface area contributed by atoms with Gasteiger partial charge in [-0.3, -0.25) is 9.78 Å². The lowest BCUT2D eigenvalue weighted by Gasteiger charge is -2.05. The molecule has 0 unspecified atom stereocenters. The van der Waals surface area contributed by atoms with Gasteiger partial charge in [-0.25, -0.2) is 18.1 Å². The van der Waals surface area contributed by atoms with Gasteiger partial charge in [0.15, 0.2) is 0 Å². The van der Waals surface area contributed by atoms with E-state index in [2.05, 4.69) is 20.0 Å². The van der Waals surface area contributed by atoms with Crippen molar-refractivity contribution in [1.29, 1.82) is 0 Å². The third-order valence-corrected chi connectivity index (χ3v) is 5.38. The predicted octanol–water partition coefficient (Wildman–Crippen LogP) is 2.02. The van der Waals surface area contributed by atoms with Crippen molar-refractivity contribution in [3.05, 3.63) is 71.4 Å². The molecule has 0 fully saturated rings. The van der Waals surface area contributed by atoms with Gasteiger partial charge in [-0.15, -0.1) is 0 Å². The monoisotopic (exact) mass is 400 g/mol. The standard InChI is InChI=1S/C19H20N4O4S/c1-13-17(12-28(25,26)20-2)23-19(27-13)16-7-5-15(6-8-16)18(24)22-11-14-4-3-9-21-10-14/h3-10,20H,11-12H2,1-2H3,(H,22,24). The predicted molar refractivity (Wildman–Crippen MR) is 104 cm³/mol. The zero-order valence-corrected chi connectivity index (χ0v) is 16.3. The summed E-state index contributed by atoms with van der Waals surface area (Å²) < 4.78 is 31.3. The summed E-state index contributed by atoms with van der Waals surface area (Å²) in [5.41, 5.74) is 2.41. The minimum Gasteiger partial charge on any atom is -0.441 e. The first kappa shape index (κ1) is 19.7. The Kier molecular flexibility index (Phi) is 5.86. The zero-order valence-electron chi connectivity index (χ0n) is 15.5. The van der Waals surface area contributed by atoms with Crippen LogP contribution in [0.15, 0.2) is 53.2 Å². The fourth-order valence-corrected chi connectivity index (χ4v) is 3.26. The highest BCUT2D eigenvalue weighted by Gasteiger charge is 2.18. The fraction of sp³-hybridized carbons (Fsp3) is 0.211. The van der Waals surface area contributed by atoms with Crippen LogP contribution in [-0.4, -0.2) is 31.3 Å². The van der Waals surface area contributed by atoms with Crippen molar-refractivity contribution < 1.29 is 17.6 Å². The number of aromatic nitrogens is 2. The van der Waals surface area contributed by atoms with Crippen molar-refractivity contribution in [2.75, 3.05) is 7.05 Å². The molecule has 0 aliphatic rings. The molecule has 0 radical (unpaired) electrons. The number of aryl methyl sites for hydroxylation is 1. The Bertz CT molecular complexity index is 1060. The van der Waals surface area contributed by atoms with E-state index >= 15 is 0 Å². The molecular formula is C19H20N4O4S. The van der Waals surface area contributed by atoms with Crippen LogP contribution in [0.4, 0.5) is 0 Å². The van der Waals surface area contributed by atoms with E-state index in [9.17, 15) is 13.2 Å². The van der Waals surface area contributed by atoms with Crippen LogP contribution in [0.1, 0.15) is 27.4 Å². The van der Waals surface area contributed by atoms with E-state index in [-0.39, 0.29) is 11.7 Å². The van der Waals surface area contributed by atoms with Crippen molar-refractivity contribution >= 4 is 15.9 Å². The van der Waals surface area contributed by atoms with Crippen LogP contribution in [0, 0.1) is 6.92 Å². The second-order valence-electron chi connectivity index (χ2n) is 6.11. The van der Waals surface area contributed by atoms with Gasteiger partial charge in [0.1, 0.15) is 11.5 Å². The molecular weight excluding hydrogens is 380 g/mol. The largest absolute Gasteiger partial charge is 0.441 e. The number of hydrogen-bond acceptors (Lipinski definition) is 6. The molecule has 28 heavy (non-hydrogen) atoms. The van der Waals surface area contributed by atoms with Gasteiger partial charge in [0.25, 0.3) is 5.91 Å². The van der Waals surface area contributed by atoms with Gasteiger partial charge in [0, 0.05) is 30.1 Å². The maximum Gasteiger partial charge on any atom is 0.251 e. The lowest BCUT2D eigenvalue weighted by atomic mass is 10.1. The first-order chi connectivity index (χ1) is 13.4. The van der Waals surface area contributed by atoms with E-state index in [0.29, 0.717) is 35.0 Å². The van der Waals surface area contributed by atoms with E-state index in [1.807, 2.05) is 12.1 Å². The van der Waals surface area contributed by atoms with Crippen molar-refractivity contribution in [3.63, 3.8) is 0 Å². The summed E-state index contributed by atoms with van der Waals surface area (Å²) in [4.78, 5) is 20.5. The molecule has 0 saturated carbocycles. The van der Waals surface area contributed by atoms with E-state index < -0.39 is 10.0 Å². The van der Waals surface area contributed by atoms with Gasteiger partial charge in [-0.05, 0) is 49.9 Å². The number of nitrogens with zero attached hydrogens (tertiary/aromatic N) is 2. The molecule has 3 aromatic rings. The van der Waals surface area contributed by atoms with Crippen LogP contribution in [0.5, 0.6) is 0 Å². The molecule has 2 aromatic heterocycles. The molecule has 146 valence electrons. The number of carbonyl (C=O) groups excluding carboxylic acids is 1. The van der Waals surface area contributed by atoms with E-state index in [0.717, 1.165) is 5.56 Å². The highest BCUT2D eigenvalue weighted by atomic mass is 32.2. The molecule has 8 nitrogen and oxygen atoms in total. The van der Waals surface area contributed by atoms with Crippen LogP contribution >= 0.6 is 0 Å². The number of rotatable bonds is 7. The average molecular weight is 400 g/mol. The molecule has 0 saturated heterocycles. The van der Waals surface area contributed by atoms with Gasteiger partial charge in [0.05, 0.1) is 5.69 Å². The molecule has 0 bridgehead atoms. The van der Waals surface area contributed by atoms with Crippen molar-refractivity contribution in [3.8, 4) is 11.5 Å². The second-order valence-corrected chi connectivity index (χ2v) is 8.03. The van der Waals surface area contributed by atoms with Crippen LogP contribution in [0.25, 0.3) is 11.5 Å². The molecule has 0 spiro atoms. The van der Waals surface area contributed by atoms with Gasteiger partial charge in [-0.1, -0.05) is 6.07 Å². The Hall–Kier alpha value is -3.04. The number of sulfonamides is 1. The summed E-state index contributed by atoms with van der Waals surface area (Å²) in [6, 6.07) is 10.4. The highest BCUT2D eigenvalue weighted by Crippen LogP contribution is 2.23. The first-order valence-electron chi connectivity index (χ1n) is 8.53. The molecule has 2 N–H and O–H groups in total. The third-order valence-electron chi connectivity index (χ3n) is 4.10. The molecule has 0 aliphatic heterocycles. The van der Waals surface area contributed by atoms with Gasteiger partial charge in [0.2, 0.25) is 15.9 Å². The lowest BCUT2D eigenvalue weighted by Crippen LogP contribution is -2.22. The Morgan fingerprint density at radius 1 is 1.18 bits per heavy atom. The Morgan fingerprint density at radius 2 is 1.93 bits per heavy atom. The van der Waals surface area contributed by atoms with Crippen molar-refractivity contribution in [2.24, 2.45) is 0 Å². The Labute approximate surface area is 163 Å². The molecule has 2 heterocycles. The summed E-state index contributed by atoms with van der Waals surface area (Å²) in [6.45, 7) is 2.05. The molecule has 3 rings (SSSR count). The summed E-state index contributed by atoms with van der Waals surface area (Å²) in [5, 5.41) is 2.83. The smallest absolute Gasteiger partial charge is 0.251 e. The average Bonchev–Trinajstić information content (AvgIpc) is 3.06. The van der Waals surface area contributed by atoms with Crippen LogP contribution < -0.4 is 10.0 Å². The fourth-order valence-electron chi connectivity index (χ4n) is 2.49. The highest BCUT2D eigenvalue weighted by molar-refractivity contribution is 7.88. The summed E-state index contributed by atoms with van der Waals surface area (Å²) in [6.07, 6.45) is 3.37. The van der Waals surface area contributed by atoms with E-state index in [1.54, 1.807) is 43.6 Å². The quantitative estimate of drug-likeness (QED) is 0.627. The molecule has 1 aromatic carbocycles.